The first-order valence-electron chi connectivity index (χ1n) is 4.50. The van der Waals surface area contributed by atoms with E-state index in [9.17, 15) is 0 Å². The minimum Gasteiger partial charge on any atom is -0.334 e. The Balaban J connectivity index is 0.000000146. The van der Waals surface area contributed by atoms with Gasteiger partial charge >= 0.3 is 0 Å². The molecule has 0 saturated carbocycles. The van der Waals surface area contributed by atoms with Crippen LogP contribution in [0.4, 0.5) is 0 Å². The van der Waals surface area contributed by atoms with Crippen molar-refractivity contribution in [1.29, 1.82) is 0 Å². The molecule has 0 atom stereocenters. The van der Waals surface area contributed by atoms with Crippen LogP contribution >= 0.6 is 0 Å². The van der Waals surface area contributed by atoms with E-state index in [2.05, 4.69) is 11.6 Å². The van der Waals surface area contributed by atoms with Crippen molar-refractivity contribution in [2.24, 2.45) is 0 Å². The van der Waals surface area contributed by atoms with Crippen molar-refractivity contribution in [3.63, 3.8) is 0 Å². The van der Waals surface area contributed by atoms with Gasteiger partial charge in [0.15, 0.2) is 0 Å². The Labute approximate surface area is 84.5 Å². The summed E-state index contributed by atoms with van der Waals surface area (Å²) in [6.45, 7) is 4.43. The molecule has 1 heterocycles. The van der Waals surface area contributed by atoms with E-state index >= 15 is 0 Å². The van der Waals surface area contributed by atoms with E-state index in [0.29, 0.717) is 0 Å². The van der Waals surface area contributed by atoms with Gasteiger partial charge in [-0.2, -0.15) is 0 Å². The predicted molar refractivity (Wildman–Crippen MR) is 58.9 cm³/mol. The highest BCUT2D eigenvalue weighted by Crippen LogP contribution is 1.83. The Morgan fingerprint density at radius 1 is 1.07 bits per heavy atom. The second-order valence-corrected chi connectivity index (χ2v) is 2.70. The summed E-state index contributed by atoms with van der Waals surface area (Å²) in [6.07, 6.45) is 7.26. The van der Waals surface area contributed by atoms with Gasteiger partial charge in [0.25, 0.3) is 0 Å². The number of hydrogen-bond donors (Lipinski definition) is 0. The van der Waals surface area contributed by atoms with E-state index in [0.717, 1.165) is 6.54 Å². The fourth-order valence-corrected chi connectivity index (χ4v) is 0.929. The molecule has 2 aromatic rings. The van der Waals surface area contributed by atoms with Gasteiger partial charge in [0.1, 0.15) is 0 Å². The van der Waals surface area contributed by atoms with E-state index in [1.807, 2.05) is 53.2 Å². The summed E-state index contributed by atoms with van der Waals surface area (Å²) in [7, 11) is 0. The number of imidazole rings is 1. The molecule has 72 valence electrons. The van der Waals surface area contributed by atoms with Gasteiger partial charge in [0, 0.05) is 18.9 Å². The lowest BCUT2D eigenvalue weighted by molar-refractivity contribution is 0.822. The molecule has 0 N–H and O–H groups in total. The maximum atomic E-state index is 3.86. The largest absolute Gasteiger partial charge is 0.334 e. The second-order valence-electron chi connectivity index (χ2n) is 2.70. The Morgan fingerprint density at radius 2 is 1.64 bits per heavy atom. The molecular weight excluding hydrogens is 172 g/mol. The van der Waals surface area contributed by atoms with E-state index in [1.165, 1.54) is 0 Å². The van der Waals surface area contributed by atoms with Crippen LogP contribution in [-0.2, 0) is 6.54 Å². The molecule has 1 aromatic heterocycles. The van der Waals surface area contributed by atoms with Crippen LogP contribution in [0, 0.1) is 0 Å². The van der Waals surface area contributed by atoms with Gasteiger partial charge in [-0.25, -0.2) is 4.98 Å². The Bertz CT molecular complexity index is 298. The van der Waals surface area contributed by atoms with Gasteiger partial charge in [0.05, 0.1) is 6.33 Å². The van der Waals surface area contributed by atoms with Gasteiger partial charge < -0.3 is 4.57 Å². The summed E-state index contributed by atoms with van der Waals surface area (Å²) in [5.74, 6) is 0. The molecule has 2 nitrogen and oxygen atoms in total. The zero-order valence-electron chi connectivity index (χ0n) is 8.08. The van der Waals surface area contributed by atoms with Crippen molar-refractivity contribution < 1.29 is 0 Å². The maximum Gasteiger partial charge on any atom is 0.0948 e. The lowest BCUT2D eigenvalue weighted by atomic mass is 10.4. The van der Waals surface area contributed by atoms with Crippen LogP contribution in [0.3, 0.4) is 0 Å². The van der Waals surface area contributed by atoms with E-state index < -0.39 is 0 Å². The molecule has 0 aliphatic rings. The molecule has 0 saturated heterocycles. The fraction of sp³-hybridized carbons (Fsp3) is 0.0833. The zero-order valence-corrected chi connectivity index (χ0v) is 8.08. The van der Waals surface area contributed by atoms with Crippen LogP contribution in [0.1, 0.15) is 0 Å². The number of aromatic nitrogens is 2. The zero-order chi connectivity index (χ0) is 10.1. The van der Waals surface area contributed by atoms with Crippen molar-refractivity contribution in [2.75, 3.05) is 0 Å². The van der Waals surface area contributed by atoms with Crippen LogP contribution in [0.5, 0.6) is 0 Å². The number of benzene rings is 1. The monoisotopic (exact) mass is 186 g/mol. The van der Waals surface area contributed by atoms with Crippen molar-refractivity contribution >= 4 is 0 Å². The van der Waals surface area contributed by atoms with Crippen LogP contribution in [0.2, 0.25) is 0 Å². The quantitative estimate of drug-likeness (QED) is 0.659. The van der Waals surface area contributed by atoms with Gasteiger partial charge in [-0.1, -0.05) is 42.5 Å². The molecule has 0 bridgehead atoms. The van der Waals surface area contributed by atoms with Crippen molar-refractivity contribution in [3.05, 3.63) is 67.8 Å². The third-order valence-corrected chi connectivity index (χ3v) is 1.57. The first kappa shape index (κ1) is 10.3. The highest BCUT2D eigenvalue weighted by atomic mass is 15.0. The molecule has 0 aliphatic heterocycles. The van der Waals surface area contributed by atoms with Crippen molar-refractivity contribution in [3.8, 4) is 0 Å². The SMILES string of the molecule is C=CCn1ccnc1.c1ccccc1. The van der Waals surface area contributed by atoms with Crippen LogP contribution in [-0.4, -0.2) is 9.55 Å². The average molecular weight is 186 g/mol. The fourth-order valence-electron chi connectivity index (χ4n) is 0.929. The molecule has 14 heavy (non-hydrogen) atoms. The molecule has 0 radical (unpaired) electrons. The molecule has 2 rings (SSSR count). The molecule has 0 fully saturated rings. The number of nitrogens with zero attached hydrogens (tertiary/aromatic N) is 2. The maximum absolute atomic E-state index is 3.86. The van der Waals surface area contributed by atoms with E-state index in [4.69, 9.17) is 0 Å². The summed E-state index contributed by atoms with van der Waals surface area (Å²) in [5, 5.41) is 0. The van der Waals surface area contributed by atoms with Crippen LogP contribution in [0.25, 0.3) is 0 Å². The third-order valence-electron chi connectivity index (χ3n) is 1.57. The summed E-state index contributed by atoms with van der Waals surface area (Å²) < 4.78 is 1.95. The highest BCUT2D eigenvalue weighted by molar-refractivity contribution is 4.99. The van der Waals surface area contributed by atoms with Crippen molar-refractivity contribution in [1.82, 2.24) is 9.55 Å². The predicted octanol–water partition coefficient (Wildman–Crippen LogP) is 2.76. The van der Waals surface area contributed by atoms with Crippen LogP contribution in [0.15, 0.2) is 67.8 Å². The lowest BCUT2D eigenvalue weighted by Crippen LogP contribution is -1.87. The minimum absolute atomic E-state index is 0.847. The molecule has 0 spiro atoms. The third kappa shape index (κ3) is 4.26. The average Bonchev–Trinajstić information content (AvgIpc) is 2.75. The van der Waals surface area contributed by atoms with Gasteiger partial charge in [-0.3, -0.25) is 0 Å². The van der Waals surface area contributed by atoms with Gasteiger partial charge in [-0.15, -0.1) is 6.58 Å². The standard InChI is InChI=1S/C6H8N2.C6H6/c1-2-4-8-5-3-7-6-8;1-2-4-6-5-3-1/h2-3,5-6H,1,4H2;1-6H. The Hall–Kier alpha value is -1.83. The normalized spacial score (nSPS) is 8.57. The minimum atomic E-state index is 0.847. The smallest absolute Gasteiger partial charge is 0.0948 e. The topological polar surface area (TPSA) is 17.8 Å². The molecule has 1 aromatic carbocycles. The molecule has 0 aliphatic carbocycles. The highest BCUT2D eigenvalue weighted by Gasteiger charge is 1.79. The van der Waals surface area contributed by atoms with Crippen LogP contribution < -0.4 is 0 Å². The van der Waals surface area contributed by atoms with E-state index in [1.54, 1.807) is 12.5 Å². The van der Waals surface area contributed by atoms with Crippen molar-refractivity contribution in [2.45, 2.75) is 6.54 Å². The molecule has 2 heteroatoms. The number of hydrogen-bond acceptors (Lipinski definition) is 1. The lowest BCUT2D eigenvalue weighted by Gasteiger charge is -1.89. The summed E-state index contributed by atoms with van der Waals surface area (Å²) >= 11 is 0. The summed E-state index contributed by atoms with van der Waals surface area (Å²) in [6, 6.07) is 12.0. The van der Waals surface area contributed by atoms with Gasteiger partial charge in [0.2, 0.25) is 0 Å². The number of rotatable bonds is 2. The summed E-state index contributed by atoms with van der Waals surface area (Å²) in [5.41, 5.74) is 0. The Kier molecular flexibility index (Phi) is 4.88. The first-order chi connectivity index (χ1) is 6.93. The Morgan fingerprint density at radius 3 is 2.00 bits per heavy atom. The molecule has 0 amide bonds. The summed E-state index contributed by atoms with van der Waals surface area (Å²) in [4.78, 5) is 3.86. The molecular formula is C12H14N2. The van der Waals surface area contributed by atoms with Gasteiger partial charge in [-0.05, 0) is 0 Å². The molecule has 0 unspecified atom stereocenters. The number of allylic oxidation sites excluding steroid dienone is 1. The first-order valence-corrected chi connectivity index (χ1v) is 4.50. The second kappa shape index (κ2) is 6.66. The van der Waals surface area contributed by atoms with E-state index in [-0.39, 0.29) is 0 Å².